The van der Waals surface area contributed by atoms with Crippen molar-refractivity contribution < 1.29 is 0 Å². The van der Waals surface area contributed by atoms with Gasteiger partial charge in [0.05, 0.1) is 0 Å². The van der Waals surface area contributed by atoms with Gasteiger partial charge >= 0.3 is 0 Å². The van der Waals surface area contributed by atoms with Crippen LogP contribution >= 0.6 is 0 Å². The highest BCUT2D eigenvalue weighted by molar-refractivity contribution is 5.42. The van der Waals surface area contributed by atoms with Crippen molar-refractivity contribution in [2.45, 2.75) is 26.8 Å². The molecule has 0 aliphatic heterocycles. The van der Waals surface area contributed by atoms with Crippen LogP contribution in [0.15, 0.2) is 0 Å². The molecule has 1 aromatic heterocycles. The molecule has 7 heteroatoms. The van der Waals surface area contributed by atoms with Crippen molar-refractivity contribution in [2.75, 3.05) is 56.3 Å². The second-order valence-corrected chi connectivity index (χ2v) is 5.21. The Kier molecular flexibility index (Phi) is 6.44. The maximum absolute atomic E-state index is 4.39. The smallest absolute Gasteiger partial charge is 0.231 e. The maximum Gasteiger partial charge on any atom is 0.231 e. The zero-order valence-corrected chi connectivity index (χ0v) is 13.4. The molecule has 0 unspecified atom stereocenters. The summed E-state index contributed by atoms with van der Waals surface area (Å²) in [5.74, 6) is 1.86. The molecular formula is C13H27N7. The lowest BCUT2D eigenvalue weighted by Crippen LogP contribution is -2.31. The topological polar surface area (TPSA) is 69.2 Å². The SMILES string of the molecule is CCNc1nc(NCCN(C)C(C)C)nc(N(C)C)n1. The summed E-state index contributed by atoms with van der Waals surface area (Å²) in [6.07, 6.45) is 0. The fraction of sp³-hybridized carbons (Fsp3) is 0.769. The van der Waals surface area contributed by atoms with Gasteiger partial charge in [-0.1, -0.05) is 0 Å². The van der Waals surface area contributed by atoms with E-state index in [-0.39, 0.29) is 0 Å². The van der Waals surface area contributed by atoms with E-state index < -0.39 is 0 Å². The Morgan fingerprint density at radius 3 is 2.10 bits per heavy atom. The number of aromatic nitrogens is 3. The summed E-state index contributed by atoms with van der Waals surface area (Å²) in [6, 6.07) is 0.532. The number of likely N-dealkylation sites (N-methyl/N-ethyl adjacent to an activating group) is 1. The third-order valence-corrected chi connectivity index (χ3v) is 2.99. The first-order chi connectivity index (χ1) is 9.43. The molecule has 114 valence electrons. The molecule has 0 radical (unpaired) electrons. The molecule has 0 bridgehead atoms. The second kappa shape index (κ2) is 7.84. The van der Waals surface area contributed by atoms with E-state index in [0.717, 1.165) is 19.6 Å². The van der Waals surface area contributed by atoms with E-state index in [0.29, 0.717) is 23.9 Å². The minimum atomic E-state index is 0.532. The molecule has 7 nitrogen and oxygen atoms in total. The van der Waals surface area contributed by atoms with E-state index in [1.165, 1.54) is 0 Å². The Bertz CT molecular complexity index is 406. The molecule has 0 atom stereocenters. The molecule has 0 saturated carbocycles. The Hall–Kier alpha value is -1.63. The number of nitrogens with one attached hydrogen (secondary N) is 2. The van der Waals surface area contributed by atoms with Crippen LogP contribution in [0.5, 0.6) is 0 Å². The third-order valence-electron chi connectivity index (χ3n) is 2.99. The minimum Gasteiger partial charge on any atom is -0.354 e. The zero-order chi connectivity index (χ0) is 15.1. The van der Waals surface area contributed by atoms with Gasteiger partial charge in [0.1, 0.15) is 0 Å². The average Bonchev–Trinajstić information content (AvgIpc) is 2.38. The predicted molar refractivity (Wildman–Crippen MR) is 84.6 cm³/mol. The molecule has 1 aromatic rings. The fourth-order valence-electron chi connectivity index (χ4n) is 1.48. The van der Waals surface area contributed by atoms with E-state index in [1.54, 1.807) is 0 Å². The van der Waals surface area contributed by atoms with Crippen LogP contribution in [-0.4, -0.2) is 66.7 Å². The standard InChI is InChI=1S/C13H27N7/c1-7-14-11-16-12(18-13(17-11)19(4)5)15-8-9-20(6)10(2)3/h10H,7-9H2,1-6H3,(H2,14,15,16,17,18). The fourth-order valence-corrected chi connectivity index (χ4v) is 1.48. The lowest BCUT2D eigenvalue weighted by Gasteiger charge is -2.21. The highest BCUT2D eigenvalue weighted by atomic mass is 15.3. The van der Waals surface area contributed by atoms with Crippen LogP contribution in [-0.2, 0) is 0 Å². The molecule has 1 rings (SSSR count). The largest absolute Gasteiger partial charge is 0.354 e. The summed E-state index contributed by atoms with van der Waals surface area (Å²) in [7, 11) is 5.94. The first kappa shape index (κ1) is 16.4. The van der Waals surface area contributed by atoms with E-state index in [1.807, 2.05) is 25.9 Å². The number of hydrogen-bond acceptors (Lipinski definition) is 7. The number of hydrogen-bond donors (Lipinski definition) is 2. The summed E-state index contributed by atoms with van der Waals surface area (Å²) in [6.45, 7) is 8.90. The van der Waals surface area contributed by atoms with Crippen LogP contribution in [0.4, 0.5) is 17.8 Å². The lowest BCUT2D eigenvalue weighted by atomic mass is 10.3. The molecule has 0 aromatic carbocycles. The van der Waals surface area contributed by atoms with Gasteiger partial charge in [-0.15, -0.1) is 0 Å². The average molecular weight is 281 g/mol. The van der Waals surface area contributed by atoms with Crippen LogP contribution < -0.4 is 15.5 Å². The Labute approximate surface area is 121 Å². The Balaban J connectivity index is 2.68. The molecule has 0 saturated heterocycles. The van der Waals surface area contributed by atoms with Crippen LogP contribution in [0.1, 0.15) is 20.8 Å². The molecule has 0 spiro atoms. The normalized spacial score (nSPS) is 11.0. The van der Waals surface area contributed by atoms with Crippen LogP contribution in [0, 0.1) is 0 Å². The predicted octanol–water partition coefficient (Wildman–Crippen LogP) is 1.12. The van der Waals surface area contributed by atoms with Gasteiger partial charge in [0.15, 0.2) is 0 Å². The van der Waals surface area contributed by atoms with Gasteiger partial charge in [0, 0.05) is 39.8 Å². The van der Waals surface area contributed by atoms with E-state index >= 15 is 0 Å². The van der Waals surface area contributed by atoms with Crippen molar-refractivity contribution in [3.05, 3.63) is 0 Å². The molecular weight excluding hydrogens is 254 g/mol. The van der Waals surface area contributed by atoms with Crippen molar-refractivity contribution in [1.29, 1.82) is 0 Å². The van der Waals surface area contributed by atoms with Crippen molar-refractivity contribution in [2.24, 2.45) is 0 Å². The van der Waals surface area contributed by atoms with Crippen molar-refractivity contribution in [3.8, 4) is 0 Å². The Morgan fingerprint density at radius 1 is 1.00 bits per heavy atom. The summed E-state index contributed by atoms with van der Waals surface area (Å²) in [5.41, 5.74) is 0. The van der Waals surface area contributed by atoms with Crippen molar-refractivity contribution in [1.82, 2.24) is 19.9 Å². The molecule has 0 aliphatic carbocycles. The monoisotopic (exact) mass is 281 g/mol. The molecule has 0 aliphatic rings. The van der Waals surface area contributed by atoms with Crippen LogP contribution in [0.25, 0.3) is 0 Å². The minimum absolute atomic E-state index is 0.532. The number of anilines is 3. The van der Waals surface area contributed by atoms with Crippen LogP contribution in [0.2, 0.25) is 0 Å². The van der Waals surface area contributed by atoms with E-state index in [9.17, 15) is 0 Å². The highest BCUT2D eigenvalue weighted by Gasteiger charge is 2.08. The first-order valence-electron chi connectivity index (χ1n) is 7.05. The van der Waals surface area contributed by atoms with Gasteiger partial charge in [-0.25, -0.2) is 0 Å². The van der Waals surface area contributed by atoms with Crippen LogP contribution in [0.3, 0.4) is 0 Å². The van der Waals surface area contributed by atoms with Gasteiger partial charge in [0.25, 0.3) is 0 Å². The van der Waals surface area contributed by atoms with Gasteiger partial charge in [-0.05, 0) is 27.8 Å². The van der Waals surface area contributed by atoms with Gasteiger partial charge in [-0.3, -0.25) is 0 Å². The molecule has 0 amide bonds. The Morgan fingerprint density at radius 2 is 1.60 bits per heavy atom. The maximum atomic E-state index is 4.39. The molecule has 0 fully saturated rings. The summed E-state index contributed by atoms with van der Waals surface area (Å²) in [5, 5.41) is 6.38. The summed E-state index contributed by atoms with van der Waals surface area (Å²) in [4.78, 5) is 17.2. The second-order valence-electron chi connectivity index (χ2n) is 5.21. The van der Waals surface area contributed by atoms with Gasteiger partial charge in [-0.2, -0.15) is 15.0 Å². The third kappa shape index (κ3) is 5.16. The summed E-state index contributed by atoms with van der Waals surface area (Å²) < 4.78 is 0. The molecule has 2 N–H and O–H groups in total. The molecule has 20 heavy (non-hydrogen) atoms. The van der Waals surface area contributed by atoms with E-state index in [2.05, 4.69) is 51.4 Å². The highest BCUT2D eigenvalue weighted by Crippen LogP contribution is 2.11. The van der Waals surface area contributed by atoms with Crippen molar-refractivity contribution in [3.63, 3.8) is 0 Å². The van der Waals surface area contributed by atoms with E-state index in [4.69, 9.17) is 0 Å². The molecule has 1 heterocycles. The van der Waals surface area contributed by atoms with Gasteiger partial charge < -0.3 is 20.4 Å². The summed E-state index contributed by atoms with van der Waals surface area (Å²) >= 11 is 0. The van der Waals surface area contributed by atoms with Gasteiger partial charge in [0.2, 0.25) is 17.8 Å². The first-order valence-corrected chi connectivity index (χ1v) is 7.05. The number of rotatable bonds is 8. The quantitative estimate of drug-likeness (QED) is 0.740. The lowest BCUT2D eigenvalue weighted by molar-refractivity contribution is 0.284. The zero-order valence-electron chi connectivity index (χ0n) is 13.4. The van der Waals surface area contributed by atoms with Crippen molar-refractivity contribution >= 4 is 17.8 Å². The number of nitrogens with zero attached hydrogens (tertiary/aromatic N) is 5.